The molecule has 2 saturated heterocycles. The van der Waals surface area contributed by atoms with E-state index in [1.165, 1.54) is 0 Å². The molecule has 0 radical (unpaired) electrons. The smallest absolute Gasteiger partial charge is 0.244 e. The van der Waals surface area contributed by atoms with Crippen LogP contribution < -0.4 is 4.90 Å². The number of amides is 2. The highest BCUT2D eigenvalue weighted by atomic mass is 16.2. The fraction of sp³-hybridized carbons (Fsp3) is 0.632. The van der Waals surface area contributed by atoms with Crippen LogP contribution in [-0.4, -0.2) is 70.2 Å². The van der Waals surface area contributed by atoms with Crippen LogP contribution in [0.15, 0.2) is 24.5 Å². The first kappa shape index (κ1) is 17.3. The monoisotopic (exact) mass is 357 g/mol. The molecule has 26 heavy (non-hydrogen) atoms. The van der Waals surface area contributed by atoms with Gasteiger partial charge < -0.3 is 9.80 Å². The highest BCUT2D eigenvalue weighted by molar-refractivity contribution is 5.97. The molecule has 7 nitrogen and oxygen atoms in total. The Labute approximate surface area is 154 Å². The van der Waals surface area contributed by atoms with Crippen LogP contribution in [-0.2, 0) is 16.6 Å². The molecule has 1 atom stereocenters. The maximum absolute atomic E-state index is 13.0. The van der Waals surface area contributed by atoms with E-state index in [1.807, 2.05) is 23.0 Å². The van der Waals surface area contributed by atoms with Crippen molar-refractivity contribution in [3.63, 3.8) is 0 Å². The molecule has 0 N–H and O–H groups in total. The number of nitrogens with zero attached hydrogens (tertiary/aromatic N) is 5. The van der Waals surface area contributed by atoms with Crippen molar-refractivity contribution in [1.29, 1.82) is 0 Å². The van der Waals surface area contributed by atoms with Gasteiger partial charge in [-0.3, -0.25) is 19.2 Å². The maximum Gasteiger partial charge on any atom is 0.244 e. The van der Waals surface area contributed by atoms with Gasteiger partial charge in [0.1, 0.15) is 0 Å². The summed E-state index contributed by atoms with van der Waals surface area (Å²) in [4.78, 5) is 31.7. The molecule has 4 rings (SSSR count). The number of piperidine rings is 1. The summed E-state index contributed by atoms with van der Waals surface area (Å²) in [6, 6.07) is -0.0747. The first-order chi connectivity index (χ1) is 12.6. The minimum atomic E-state index is -0.0747. The Hall–Kier alpha value is -2.15. The molecule has 7 heteroatoms. The third kappa shape index (κ3) is 3.28. The number of piperazine rings is 1. The summed E-state index contributed by atoms with van der Waals surface area (Å²) in [5.41, 5.74) is 0.879. The standard InChI is InChI=1S/C19H27N5O2/c1-21-14-16(13-20-21)24-8-4-7-17(19(24)26)22-9-11-23(12-10-22)18(25)15-5-2-3-6-15/h2-3,13-15,17H,4-12H2,1H3. The van der Waals surface area contributed by atoms with Crippen molar-refractivity contribution in [1.82, 2.24) is 19.6 Å². The summed E-state index contributed by atoms with van der Waals surface area (Å²) < 4.78 is 1.73. The van der Waals surface area contributed by atoms with E-state index in [9.17, 15) is 9.59 Å². The zero-order valence-electron chi connectivity index (χ0n) is 15.4. The van der Waals surface area contributed by atoms with Crippen LogP contribution in [0.1, 0.15) is 25.7 Å². The van der Waals surface area contributed by atoms with Crippen molar-refractivity contribution < 1.29 is 9.59 Å². The van der Waals surface area contributed by atoms with Gasteiger partial charge >= 0.3 is 0 Å². The quantitative estimate of drug-likeness (QED) is 0.758. The molecule has 0 aromatic carbocycles. The van der Waals surface area contributed by atoms with Gasteiger partial charge in [-0.1, -0.05) is 12.2 Å². The molecule has 1 unspecified atom stereocenters. The average Bonchev–Trinajstić information content (AvgIpc) is 3.33. The summed E-state index contributed by atoms with van der Waals surface area (Å²) in [6.45, 7) is 3.78. The molecule has 1 aromatic heterocycles. The average molecular weight is 357 g/mol. The fourth-order valence-corrected chi connectivity index (χ4v) is 4.33. The van der Waals surface area contributed by atoms with Crippen molar-refractivity contribution in [3.05, 3.63) is 24.5 Å². The normalized spacial score (nSPS) is 25.3. The molecule has 3 heterocycles. The lowest BCUT2D eigenvalue weighted by atomic mass is 10.0. The molecule has 0 saturated carbocycles. The fourth-order valence-electron chi connectivity index (χ4n) is 4.33. The highest BCUT2D eigenvalue weighted by Gasteiger charge is 2.37. The number of hydrogen-bond acceptors (Lipinski definition) is 4. The summed E-state index contributed by atoms with van der Waals surface area (Å²) in [7, 11) is 1.87. The molecule has 2 amide bonds. The van der Waals surface area contributed by atoms with Gasteiger partial charge in [0.25, 0.3) is 0 Å². The number of anilines is 1. The summed E-state index contributed by atoms with van der Waals surface area (Å²) >= 11 is 0. The predicted molar refractivity (Wildman–Crippen MR) is 98.6 cm³/mol. The number of carbonyl (C=O) groups is 2. The third-order valence-corrected chi connectivity index (χ3v) is 5.84. The highest BCUT2D eigenvalue weighted by Crippen LogP contribution is 2.25. The topological polar surface area (TPSA) is 61.7 Å². The molecule has 1 aromatic rings. The molecule has 0 spiro atoms. The lowest BCUT2D eigenvalue weighted by Crippen LogP contribution is -2.58. The second-order valence-electron chi connectivity index (χ2n) is 7.52. The first-order valence-corrected chi connectivity index (χ1v) is 9.61. The van der Waals surface area contributed by atoms with E-state index in [1.54, 1.807) is 10.9 Å². The van der Waals surface area contributed by atoms with Crippen molar-refractivity contribution in [2.75, 3.05) is 37.6 Å². The van der Waals surface area contributed by atoms with E-state index in [0.29, 0.717) is 0 Å². The zero-order chi connectivity index (χ0) is 18.1. The summed E-state index contributed by atoms with van der Waals surface area (Å²) in [5.74, 6) is 0.588. The number of aromatic nitrogens is 2. The predicted octanol–water partition coefficient (Wildman–Crippen LogP) is 1.03. The second-order valence-corrected chi connectivity index (χ2v) is 7.52. The van der Waals surface area contributed by atoms with Gasteiger partial charge in [-0.25, -0.2) is 0 Å². The van der Waals surface area contributed by atoms with Crippen LogP contribution in [0.3, 0.4) is 0 Å². The van der Waals surface area contributed by atoms with Gasteiger partial charge in [-0.15, -0.1) is 0 Å². The zero-order valence-corrected chi connectivity index (χ0v) is 15.4. The van der Waals surface area contributed by atoms with E-state index in [-0.39, 0.29) is 23.8 Å². The van der Waals surface area contributed by atoms with Gasteiger partial charge in [-0.05, 0) is 25.7 Å². The molecule has 2 fully saturated rings. The number of allylic oxidation sites excluding steroid dienone is 2. The van der Waals surface area contributed by atoms with Gasteiger partial charge in [0.05, 0.1) is 17.9 Å². The Kier molecular flexibility index (Phi) is 4.80. The van der Waals surface area contributed by atoms with Crippen LogP contribution in [0.4, 0.5) is 5.69 Å². The maximum atomic E-state index is 13.0. The SMILES string of the molecule is Cn1cc(N2CCCC(N3CCN(C(=O)C4CC=CC4)CC3)C2=O)cn1. The molecule has 140 valence electrons. The molecular weight excluding hydrogens is 330 g/mol. The van der Waals surface area contributed by atoms with Crippen molar-refractivity contribution in [3.8, 4) is 0 Å². The van der Waals surface area contributed by atoms with Crippen molar-refractivity contribution >= 4 is 17.5 Å². The second kappa shape index (κ2) is 7.23. The summed E-state index contributed by atoms with van der Waals surface area (Å²) in [5, 5.41) is 4.19. The molecule has 0 bridgehead atoms. The minimum Gasteiger partial charge on any atom is -0.340 e. The number of hydrogen-bond donors (Lipinski definition) is 0. The third-order valence-electron chi connectivity index (χ3n) is 5.84. The molecule has 1 aliphatic carbocycles. The van der Waals surface area contributed by atoms with Crippen LogP contribution in [0, 0.1) is 5.92 Å². The molecule has 3 aliphatic rings. The first-order valence-electron chi connectivity index (χ1n) is 9.61. The number of aryl methyl sites for hydroxylation is 1. The van der Waals surface area contributed by atoms with Gasteiger partial charge in [0.2, 0.25) is 11.8 Å². The van der Waals surface area contributed by atoms with Crippen molar-refractivity contribution in [2.24, 2.45) is 13.0 Å². The Morgan fingerprint density at radius 3 is 2.50 bits per heavy atom. The van der Waals surface area contributed by atoms with E-state index >= 15 is 0 Å². The molecular formula is C19H27N5O2. The van der Waals surface area contributed by atoms with E-state index in [0.717, 1.165) is 64.1 Å². The minimum absolute atomic E-state index is 0.0747. The Balaban J connectivity index is 1.36. The Morgan fingerprint density at radius 2 is 1.85 bits per heavy atom. The van der Waals surface area contributed by atoms with Crippen LogP contribution in [0.5, 0.6) is 0 Å². The van der Waals surface area contributed by atoms with Gasteiger partial charge in [-0.2, -0.15) is 5.10 Å². The summed E-state index contributed by atoms with van der Waals surface area (Å²) in [6.07, 6.45) is 11.5. The van der Waals surface area contributed by atoms with Crippen LogP contribution in [0.25, 0.3) is 0 Å². The van der Waals surface area contributed by atoms with Gasteiger partial charge in [0.15, 0.2) is 0 Å². The largest absolute Gasteiger partial charge is 0.340 e. The van der Waals surface area contributed by atoms with E-state index < -0.39 is 0 Å². The lowest BCUT2D eigenvalue weighted by Gasteiger charge is -2.42. The van der Waals surface area contributed by atoms with Crippen LogP contribution >= 0.6 is 0 Å². The number of carbonyl (C=O) groups excluding carboxylic acids is 2. The van der Waals surface area contributed by atoms with E-state index in [2.05, 4.69) is 22.2 Å². The van der Waals surface area contributed by atoms with Crippen molar-refractivity contribution in [2.45, 2.75) is 31.7 Å². The Morgan fingerprint density at radius 1 is 1.12 bits per heavy atom. The van der Waals surface area contributed by atoms with Crippen LogP contribution in [0.2, 0.25) is 0 Å². The Bertz CT molecular complexity index is 697. The lowest BCUT2D eigenvalue weighted by molar-refractivity contribution is -0.138. The van der Waals surface area contributed by atoms with Gasteiger partial charge in [0, 0.05) is 51.9 Å². The van der Waals surface area contributed by atoms with E-state index in [4.69, 9.17) is 0 Å². The molecule has 2 aliphatic heterocycles. The number of rotatable bonds is 3.